The number of carboxylic acids is 1. The van der Waals surface area contributed by atoms with Gasteiger partial charge in [0.25, 0.3) is 0 Å². The van der Waals surface area contributed by atoms with E-state index >= 15 is 0 Å². The van der Waals surface area contributed by atoms with Gasteiger partial charge < -0.3 is 9.52 Å². The molecular formula is C16H10FN5O3S. The van der Waals surface area contributed by atoms with Crippen LogP contribution in [0.4, 0.5) is 4.39 Å². The van der Waals surface area contributed by atoms with Gasteiger partial charge in [0.15, 0.2) is 5.82 Å². The van der Waals surface area contributed by atoms with E-state index in [1.165, 1.54) is 29.9 Å². The molecule has 4 aromatic rings. The minimum atomic E-state index is -1.06. The number of nitrogens with zero attached hydrogens (tertiary/aromatic N) is 5. The molecule has 0 amide bonds. The smallest absolute Gasteiger partial charge is 0.312 e. The van der Waals surface area contributed by atoms with Crippen molar-refractivity contribution in [2.45, 2.75) is 12.8 Å². The number of fused-ring (bicyclic) bond motifs is 1. The number of rotatable bonds is 5. The Bertz CT molecular complexity index is 1100. The zero-order valence-electron chi connectivity index (χ0n) is 13.1. The van der Waals surface area contributed by atoms with Crippen molar-refractivity contribution in [2.75, 3.05) is 0 Å². The molecule has 0 saturated carbocycles. The number of benzene rings is 1. The fourth-order valence-corrected chi connectivity index (χ4v) is 3.40. The van der Waals surface area contributed by atoms with Gasteiger partial charge in [0, 0.05) is 18.0 Å². The summed E-state index contributed by atoms with van der Waals surface area (Å²) in [5.74, 6) is -1.22. The fraction of sp³-hybridized carbons (Fsp3) is 0.125. The van der Waals surface area contributed by atoms with Crippen molar-refractivity contribution in [1.29, 1.82) is 0 Å². The standard InChI is InChI=1S/C16H10FN5O3S/c17-15-8(10-7-18-3-4-19-10)1-2-9-16(15)26-13(20-9)5-11-21-22-12(25-11)6-14(23)24/h1-4,7H,5-6H2,(H,23,24). The lowest BCUT2D eigenvalue weighted by Gasteiger charge is -2.01. The quantitative estimate of drug-likeness (QED) is 0.569. The van der Waals surface area contributed by atoms with Crippen LogP contribution >= 0.6 is 11.3 Å². The molecule has 0 saturated heterocycles. The lowest BCUT2D eigenvalue weighted by Crippen LogP contribution is -1.99. The van der Waals surface area contributed by atoms with E-state index in [2.05, 4.69) is 25.1 Å². The molecule has 130 valence electrons. The van der Waals surface area contributed by atoms with Gasteiger partial charge in [-0.1, -0.05) is 0 Å². The van der Waals surface area contributed by atoms with Crippen molar-refractivity contribution in [3.8, 4) is 11.3 Å². The third-order valence-electron chi connectivity index (χ3n) is 3.49. The van der Waals surface area contributed by atoms with Gasteiger partial charge >= 0.3 is 5.97 Å². The SMILES string of the molecule is O=C(O)Cc1nnc(Cc2nc3ccc(-c4cnccn4)c(F)c3s2)o1. The van der Waals surface area contributed by atoms with E-state index in [0.717, 1.165) is 0 Å². The summed E-state index contributed by atoms with van der Waals surface area (Å²) in [6.07, 6.45) is 4.37. The summed E-state index contributed by atoms with van der Waals surface area (Å²) in [5, 5.41) is 16.8. The van der Waals surface area contributed by atoms with Crippen LogP contribution in [0, 0.1) is 5.82 Å². The molecule has 3 heterocycles. The fourth-order valence-electron chi connectivity index (χ4n) is 2.41. The number of hydrogen-bond donors (Lipinski definition) is 1. The van der Waals surface area contributed by atoms with Gasteiger partial charge in [0.2, 0.25) is 11.8 Å². The highest BCUT2D eigenvalue weighted by atomic mass is 32.1. The summed E-state index contributed by atoms with van der Waals surface area (Å²) in [5.41, 5.74) is 1.31. The molecule has 0 aliphatic heterocycles. The van der Waals surface area contributed by atoms with E-state index < -0.39 is 11.8 Å². The Balaban J connectivity index is 1.64. The Hall–Kier alpha value is -3.27. The van der Waals surface area contributed by atoms with E-state index in [1.807, 2.05) is 0 Å². The number of thiazole rings is 1. The monoisotopic (exact) mass is 371 g/mol. The van der Waals surface area contributed by atoms with Gasteiger partial charge in [-0.25, -0.2) is 9.37 Å². The molecule has 8 nitrogen and oxygen atoms in total. The van der Waals surface area contributed by atoms with Crippen LogP contribution in [-0.4, -0.2) is 36.2 Å². The molecule has 3 aromatic heterocycles. The second kappa shape index (κ2) is 6.56. The Kier molecular flexibility index (Phi) is 4.09. The normalized spacial score (nSPS) is 11.1. The molecule has 1 N–H and O–H groups in total. The summed E-state index contributed by atoms with van der Waals surface area (Å²) < 4.78 is 20.5. The van der Waals surface area contributed by atoms with Crippen LogP contribution < -0.4 is 0 Å². The zero-order chi connectivity index (χ0) is 18.1. The van der Waals surface area contributed by atoms with Gasteiger partial charge in [0.05, 0.1) is 28.5 Å². The van der Waals surface area contributed by atoms with Crippen molar-refractivity contribution in [1.82, 2.24) is 25.1 Å². The summed E-state index contributed by atoms with van der Waals surface area (Å²) in [4.78, 5) is 23.1. The molecule has 0 fully saturated rings. The van der Waals surface area contributed by atoms with Crippen LogP contribution in [0.1, 0.15) is 16.8 Å². The highest BCUT2D eigenvalue weighted by Crippen LogP contribution is 2.32. The molecule has 0 aliphatic rings. The summed E-state index contributed by atoms with van der Waals surface area (Å²) in [6.45, 7) is 0. The van der Waals surface area contributed by atoms with Crippen LogP contribution in [0.5, 0.6) is 0 Å². The summed E-state index contributed by atoms with van der Waals surface area (Å²) >= 11 is 1.17. The van der Waals surface area contributed by atoms with Crippen molar-refractivity contribution in [2.24, 2.45) is 0 Å². The first-order valence-corrected chi connectivity index (χ1v) is 8.29. The average molecular weight is 371 g/mol. The first-order chi connectivity index (χ1) is 12.6. The molecule has 0 bridgehead atoms. The molecule has 0 atom stereocenters. The van der Waals surface area contributed by atoms with Gasteiger partial charge in [-0.3, -0.25) is 14.8 Å². The van der Waals surface area contributed by atoms with Crippen LogP contribution in [-0.2, 0) is 17.6 Å². The Morgan fingerprint density at radius 1 is 1.23 bits per heavy atom. The maximum Gasteiger partial charge on any atom is 0.312 e. The average Bonchev–Trinajstić information content (AvgIpc) is 3.23. The van der Waals surface area contributed by atoms with Crippen molar-refractivity contribution < 1.29 is 18.7 Å². The minimum absolute atomic E-state index is 0.0183. The second-order valence-corrected chi connectivity index (χ2v) is 6.39. The van der Waals surface area contributed by atoms with Crippen LogP contribution in [0.25, 0.3) is 21.5 Å². The molecule has 4 rings (SSSR count). The number of hydrogen-bond acceptors (Lipinski definition) is 8. The minimum Gasteiger partial charge on any atom is -0.481 e. The summed E-state index contributed by atoms with van der Waals surface area (Å²) in [6, 6.07) is 3.33. The maximum atomic E-state index is 14.8. The van der Waals surface area contributed by atoms with Crippen molar-refractivity contribution in [3.05, 3.63) is 53.3 Å². The Morgan fingerprint density at radius 3 is 2.85 bits per heavy atom. The highest BCUT2D eigenvalue weighted by Gasteiger charge is 2.17. The van der Waals surface area contributed by atoms with Crippen LogP contribution in [0.15, 0.2) is 35.1 Å². The van der Waals surface area contributed by atoms with E-state index in [1.54, 1.807) is 12.1 Å². The van der Waals surface area contributed by atoms with Gasteiger partial charge in [0.1, 0.15) is 11.4 Å². The first-order valence-electron chi connectivity index (χ1n) is 7.47. The van der Waals surface area contributed by atoms with Gasteiger partial charge in [-0.2, -0.15) is 0 Å². The lowest BCUT2D eigenvalue weighted by molar-refractivity contribution is -0.136. The van der Waals surface area contributed by atoms with Crippen LogP contribution in [0.3, 0.4) is 0 Å². The van der Waals surface area contributed by atoms with Crippen molar-refractivity contribution >= 4 is 27.5 Å². The molecule has 1 aromatic carbocycles. The molecule has 0 aliphatic carbocycles. The largest absolute Gasteiger partial charge is 0.481 e. The Morgan fingerprint density at radius 2 is 2.08 bits per heavy atom. The third-order valence-corrected chi connectivity index (χ3v) is 4.56. The van der Waals surface area contributed by atoms with Crippen LogP contribution in [0.2, 0.25) is 0 Å². The van der Waals surface area contributed by atoms with E-state index in [0.29, 0.717) is 26.5 Å². The van der Waals surface area contributed by atoms with Gasteiger partial charge in [-0.05, 0) is 12.1 Å². The number of aliphatic carboxylic acids is 1. The first kappa shape index (κ1) is 16.2. The molecular weight excluding hydrogens is 361 g/mol. The van der Waals surface area contributed by atoms with Gasteiger partial charge in [-0.15, -0.1) is 21.5 Å². The van der Waals surface area contributed by atoms with E-state index in [4.69, 9.17) is 9.52 Å². The number of halogens is 1. The maximum absolute atomic E-state index is 14.8. The number of carboxylic acid groups (broad SMARTS) is 1. The molecule has 10 heteroatoms. The molecule has 0 unspecified atom stereocenters. The number of aromatic nitrogens is 5. The lowest BCUT2D eigenvalue weighted by atomic mass is 10.1. The molecule has 26 heavy (non-hydrogen) atoms. The van der Waals surface area contributed by atoms with E-state index in [9.17, 15) is 9.18 Å². The second-order valence-electron chi connectivity index (χ2n) is 5.31. The zero-order valence-corrected chi connectivity index (χ0v) is 13.9. The highest BCUT2D eigenvalue weighted by molar-refractivity contribution is 7.18. The summed E-state index contributed by atoms with van der Waals surface area (Å²) in [7, 11) is 0. The van der Waals surface area contributed by atoms with E-state index in [-0.39, 0.29) is 24.6 Å². The Labute approximate surface area is 149 Å². The topological polar surface area (TPSA) is 115 Å². The predicted octanol–water partition coefficient (Wildman–Crippen LogP) is 2.49. The van der Waals surface area contributed by atoms with Crippen molar-refractivity contribution in [3.63, 3.8) is 0 Å². The predicted molar refractivity (Wildman–Crippen MR) is 89.0 cm³/mol. The molecule has 0 radical (unpaired) electrons. The number of carbonyl (C=O) groups is 1. The third kappa shape index (κ3) is 3.14. The molecule has 0 spiro atoms.